The van der Waals surface area contributed by atoms with E-state index >= 15 is 0 Å². The topological polar surface area (TPSA) is 34.4 Å². The summed E-state index contributed by atoms with van der Waals surface area (Å²) in [4.78, 5) is 0. The second-order valence-electron chi connectivity index (χ2n) is 6.40. The van der Waals surface area contributed by atoms with Gasteiger partial charge < -0.3 is 14.5 Å². The van der Waals surface area contributed by atoms with Gasteiger partial charge in [-0.05, 0) is 44.9 Å². The van der Waals surface area contributed by atoms with E-state index in [-0.39, 0.29) is 5.54 Å². The van der Waals surface area contributed by atoms with Crippen molar-refractivity contribution in [2.24, 2.45) is 0 Å². The summed E-state index contributed by atoms with van der Waals surface area (Å²) >= 11 is 0. The predicted molar refractivity (Wildman–Crippen MR) is 85.0 cm³/mol. The number of hydrogen-bond donors (Lipinski definition) is 1. The molecule has 3 heteroatoms. The van der Waals surface area contributed by atoms with Gasteiger partial charge in [-0.1, -0.05) is 30.3 Å². The molecular weight excluding hydrogens is 262 g/mol. The fourth-order valence-electron chi connectivity index (χ4n) is 2.03. The first-order chi connectivity index (χ1) is 9.94. The van der Waals surface area contributed by atoms with Crippen LogP contribution in [0.1, 0.15) is 43.4 Å². The van der Waals surface area contributed by atoms with E-state index in [4.69, 9.17) is 9.15 Å². The smallest absolute Gasteiger partial charge is 0.130 e. The maximum atomic E-state index is 5.86. The van der Waals surface area contributed by atoms with Crippen LogP contribution in [-0.2, 0) is 24.5 Å². The maximum absolute atomic E-state index is 5.86. The van der Waals surface area contributed by atoms with Crippen LogP contribution in [0.5, 0.6) is 0 Å². The fraction of sp³-hybridized carbons (Fsp3) is 0.444. The number of nitrogens with one attached hydrogen (secondary N) is 1. The van der Waals surface area contributed by atoms with E-state index in [1.807, 2.05) is 18.2 Å². The monoisotopic (exact) mass is 287 g/mol. The minimum atomic E-state index is 0.0865. The number of benzene rings is 1. The van der Waals surface area contributed by atoms with Crippen LogP contribution in [-0.4, -0.2) is 5.54 Å². The molecule has 0 saturated heterocycles. The van der Waals surface area contributed by atoms with Crippen molar-refractivity contribution >= 4 is 0 Å². The lowest BCUT2D eigenvalue weighted by Gasteiger charge is -2.19. The Labute approximate surface area is 127 Å². The molecule has 0 fully saturated rings. The van der Waals surface area contributed by atoms with E-state index in [1.54, 1.807) is 0 Å². The summed E-state index contributed by atoms with van der Waals surface area (Å²) in [5.74, 6) is 1.87. The Kier molecular flexibility index (Phi) is 5.21. The van der Waals surface area contributed by atoms with Crippen molar-refractivity contribution in [3.05, 3.63) is 59.0 Å². The minimum Gasteiger partial charge on any atom is -0.462 e. The zero-order chi connectivity index (χ0) is 15.3. The molecule has 21 heavy (non-hydrogen) atoms. The van der Waals surface area contributed by atoms with Gasteiger partial charge in [0.25, 0.3) is 0 Å². The van der Waals surface area contributed by atoms with E-state index in [2.05, 4.69) is 51.2 Å². The molecule has 0 aliphatic carbocycles. The summed E-state index contributed by atoms with van der Waals surface area (Å²) in [6.07, 6.45) is 0. The van der Waals surface area contributed by atoms with Gasteiger partial charge in [0.05, 0.1) is 13.2 Å². The lowest BCUT2D eigenvalue weighted by Crippen LogP contribution is -2.35. The Balaban J connectivity index is 1.84. The average molecular weight is 287 g/mol. The van der Waals surface area contributed by atoms with E-state index < -0.39 is 0 Å². The van der Waals surface area contributed by atoms with Gasteiger partial charge >= 0.3 is 0 Å². The molecule has 1 N–H and O–H groups in total. The van der Waals surface area contributed by atoms with Crippen molar-refractivity contribution in [2.75, 3.05) is 0 Å². The molecule has 2 rings (SSSR count). The molecule has 0 aliphatic rings. The van der Waals surface area contributed by atoms with Crippen molar-refractivity contribution in [1.82, 2.24) is 5.32 Å². The SMILES string of the molecule is Cc1cc(COCc2ccccc2)oc1CNC(C)(C)C. The molecule has 3 nitrogen and oxygen atoms in total. The summed E-state index contributed by atoms with van der Waals surface area (Å²) in [5, 5.41) is 3.44. The van der Waals surface area contributed by atoms with Crippen LogP contribution < -0.4 is 5.32 Å². The van der Waals surface area contributed by atoms with Crippen molar-refractivity contribution in [2.45, 2.75) is 53.0 Å². The normalized spacial score (nSPS) is 11.8. The summed E-state index contributed by atoms with van der Waals surface area (Å²) < 4.78 is 11.6. The maximum Gasteiger partial charge on any atom is 0.130 e. The zero-order valence-corrected chi connectivity index (χ0v) is 13.4. The van der Waals surface area contributed by atoms with Crippen molar-refractivity contribution in [3.63, 3.8) is 0 Å². The van der Waals surface area contributed by atoms with Gasteiger partial charge in [-0.15, -0.1) is 0 Å². The van der Waals surface area contributed by atoms with Crippen molar-refractivity contribution in [1.29, 1.82) is 0 Å². The van der Waals surface area contributed by atoms with Crippen LogP contribution in [0.2, 0.25) is 0 Å². The summed E-state index contributed by atoms with van der Waals surface area (Å²) in [6.45, 7) is 10.4. The van der Waals surface area contributed by atoms with E-state index in [1.165, 1.54) is 11.1 Å². The molecule has 0 unspecified atom stereocenters. The minimum absolute atomic E-state index is 0.0865. The first kappa shape index (κ1) is 15.8. The molecule has 0 spiro atoms. The second kappa shape index (κ2) is 6.92. The third-order valence-electron chi connectivity index (χ3n) is 3.21. The third-order valence-corrected chi connectivity index (χ3v) is 3.21. The second-order valence-corrected chi connectivity index (χ2v) is 6.40. The molecule has 0 amide bonds. The summed E-state index contributed by atoms with van der Waals surface area (Å²) in [7, 11) is 0. The van der Waals surface area contributed by atoms with Crippen LogP contribution in [0.25, 0.3) is 0 Å². The highest BCUT2D eigenvalue weighted by atomic mass is 16.5. The van der Waals surface area contributed by atoms with Crippen LogP contribution in [0, 0.1) is 6.92 Å². The summed E-state index contributed by atoms with van der Waals surface area (Å²) in [6, 6.07) is 12.2. The molecule has 0 aliphatic heterocycles. The van der Waals surface area contributed by atoms with Gasteiger partial charge in [0, 0.05) is 5.54 Å². The highest BCUT2D eigenvalue weighted by Crippen LogP contribution is 2.17. The highest BCUT2D eigenvalue weighted by Gasteiger charge is 2.13. The van der Waals surface area contributed by atoms with E-state index in [9.17, 15) is 0 Å². The fourth-order valence-corrected chi connectivity index (χ4v) is 2.03. The number of aryl methyl sites for hydroxylation is 1. The standard InChI is InChI=1S/C18H25NO2/c1-14-10-16(21-17(14)11-19-18(2,3)4)13-20-12-15-8-6-5-7-9-15/h5-10,19H,11-13H2,1-4H3. The molecule has 1 aromatic heterocycles. The number of furan rings is 1. The van der Waals surface area contributed by atoms with Gasteiger partial charge in [0.15, 0.2) is 0 Å². The lowest BCUT2D eigenvalue weighted by molar-refractivity contribution is 0.0919. The highest BCUT2D eigenvalue weighted by molar-refractivity contribution is 5.20. The molecule has 2 aromatic rings. The third kappa shape index (κ3) is 5.37. The van der Waals surface area contributed by atoms with Gasteiger partial charge in [-0.3, -0.25) is 0 Å². The summed E-state index contributed by atoms with van der Waals surface area (Å²) in [5.41, 5.74) is 2.43. The molecule has 0 bridgehead atoms. The predicted octanol–water partition coefficient (Wildman–Crippen LogP) is 4.19. The van der Waals surface area contributed by atoms with Crippen molar-refractivity contribution in [3.8, 4) is 0 Å². The molecule has 0 radical (unpaired) electrons. The van der Waals surface area contributed by atoms with Gasteiger partial charge in [-0.25, -0.2) is 0 Å². The van der Waals surface area contributed by atoms with Gasteiger partial charge in [-0.2, -0.15) is 0 Å². The van der Waals surface area contributed by atoms with Gasteiger partial charge in [0.1, 0.15) is 18.1 Å². The lowest BCUT2D eigenvalue weighted by atomic mass is 10.1. The first-order valence-electron chi connectivity index (χ1n) is 7.39. The van der Waals surface area contributed by atoms with Gasteiger partial charge in [0.2, 0.25) is 0 Å². The average Bonchev–Trinajstić information content (AvgIpc) is 2.77. The van der Waals surface area contributed by atoms with Crippen LogP contribution in [0.3, 0.4) is 0 Å². The van der Waals surface area contributed by atoms with Crippen LogP contribution in [0.4, 0.5) is 0 Å². The Bertz CT molecular complexity index is 552. The molecular formula is C18H25NO2. The van der Waals surface area contributed by atoms with Crippen molar-refractivity contribution < 1.29 is 9.15 Å². The Morgan fingerprint density at radius 3 is 2.48 bits per heavy atom. The van der Waals surface area contributed by atoms with Crippen LogP contribution >= 0.6 is 0 Å². The Hall–Kier alpha value is -1.58. The Morgan fingerprint density at radius 1 is 1.10 bits per heavy atom. The molecule has 1 aromatic carbocycles. The number of rotatable bonds is 6. The quantitative estimate of drug-likeness (QED) is 0.865. The van der Waals surface area contributed by atoms with E-state index in [0.717, 1.165) is 18.1 Å². The zero-order valence-electron chi connectivity index (χ0n) is 13.4. The van der Waals surface area contributed by atoms with E-state index in [0.29, 0.717) is 13.2 Å². The molecule has 0 saturated carbocycles. The first-order valence-corrected chi connectivity index (χ1v) is 7.39. The molecule has 114 valence electrons. The molecule has 1 heterocycles. The Morgan fingerprint density at radius 2 is 1.81 bits per heavy atom. The largest absolute Gasteiger partial charge is 0.462 e. The number of ether oxygens (including phenoxy) is 1. The molecule has 0 atom stereocenters. The van der Waals surface area contributed by atoms with Crippen LogP contribution in [0.15, 0.2) is 40.8 Å². The number of hydrogen-bond acceptors (Lipinski definition) is 3.